The first-order valence-corrected chi connectivity index (χ1v) is 3.38. The number of rotatable bonds is 2. The molecule has 1 aliphatic rings. The Kier molecular flexibility index (Phi) is 1.70. The lowest BCUT2D eigenvalue weighted by Crippen LogP contribution is -2.10. The second kappa shape index (κ2) is 2.34. The van der Waals surface area contributed by atoms with Crippen molar-refractivity contribution in [3.63, 3.8) is 0 Å². The highest BCUT2D eigenvalue weighted by molar-refractivity contribution is 5.78. The van der Waals surface area contributed by atoms with Crippen molar-refractivity contribution in [2.45, 2.75) is 26.7 Å². The molecule has 50 valence electrons. The van der Waals surface area contributed by atoms with Crippen LogP contribution < -0.4 is 0 Å². The summed E-state index contributed by atoms with van der Waals surface area (Å²) in [6.07, 6.45) is 4.01. The zero-order chi connectivity index (χ0) is 6.85. The van der Waals surface area contributed by atoms with Crippen molar-refractivity contribution in [3.05, 3.63) is 11.6 Å². The van der Waals surface area contributed by atoms with Crippen LogP contribution in [-0.4, -0.2) is 5.78 Å². The summed E-state index contributed by atoms with van der Waals surface area (Å²) in [5.74, 6) is 0.960. The maximum Gasteiger partial charge on any atom is 0.133 e. The van der Waals surface area contributed by atoms with Gasteiger partial charge in [-0.1, -0.05) is 18.6 Å². The predicted molar refractivity (Wildman–Crippen MR) is 37.2 cm³/mol. The second-order valence-corrected chi connectivity index (χ2v) is 2.79. The standard InChI is InChI=1S/C8H12O/c1-6-3-4-8(6)5-7(2)9/h4,6H,3,5H2,1-2H3. The highest BCUT2D eigenvalue weighted by Gasteiger charge is 2.16. The van der Waals surface area contributed by atoms with Gasteiger partial charge in [-0.3, -0.25) is 4.79 Å². The molecular formula is C8H12O. The lowest BCUT2D eigenvalue weighted by molar-refractivity contribution is -0.116. The predicted octanol–water partition coefficient (Wildman–Crippen LogP) is 1.93. The van der Waals surface area contributed by atoms with E-state index in [-0.39, 0.29) is 5.78 Å². The highest BCUT2D eigenvalue weighted by Crippen LogP contribution is 2.28. The quantitative estimate of drug-likeness (QED) is 0.514. The third kappa shape index (κ3) is 1.41. The molecule has 1 nitrogen and oxygen atoms in total. The van der Waals surface area contributed by atoms with Crippen LogP contribution in [0.1, 0.15) is 26.7 Å². The van der Waals surface area contributed by atoms with Crippen LogP contribution in [-0.2, 0) is 4.79 Å². The van der Waals surface area contributed by atoms with Gasteiger partial charge in [0.2, 0.25) is 0 Å². The monoisotopic (exact) mass is 124 g/mol. The van der Waals surface area contributed by atoms with Gasteiger partial charge >= 0.3 is 0 Å². The summed E-state index contributed by atoms with van der Waals surface area (Å²) in [7, 11) is 0. The summed E-state index contributed by atoms with van der Waals surface area (Å²) in [6.45, 7) is 3.81. The molecule has 0 saturated carbocycles. The largest absolute Gasteiger partial charge is 0.300 e. The van der Waals surface area contributed by atoms with Gasteiger partial charge in [0.15, 0.2) is 0 Å². The maximum atomic E-state index is 10.6. The van der Waals surface area contributed by atoms with E-state index >= 15 is 0 Å². The Morgan fingerprint density at radius 2 is 2.56 bits per heavy atom. The number of carbonyl (C=O) groups is 1. The van der Waals surface area contributed by atoms with E-state index in [0.717, 1.165) is 0 Å². The molecule has 1 heteroatoms. The molecule has 0 aromatic carbocycles. The first-order valence-electron chi connectivity index (χ1n) is 3.38. The van der Waals surface area contributed by atoms with Crippen molar-refractivity contribution in [1.82, 2.24) is 0 Å². The molecule has 0 spiro atoms. The molecule has 0 aromatic rings. The summed E-state index contributed by atoms with van der Waals surface area (Å²) in [4.78, 5) is 10.6. The SMILES string of the molecule is CC(=O)CC1=CCC1C. The molecule has 0 saturated heterocycles. The Labute approximate surface area is 55.8 Å². The van der Waals surface area contributed by atoms with Crippen molar-refractivity contribution < 1.29 is 4.79 Å². The molecule has 0 fully saturated rings. The zero-order valence-corrected chi connectivity index (χ0v) is 5.98. The number of Topliss-reactive ketones (excluding diaryl/α,β-unsaturated/α-hetero) is 1. The number of carbonyl (C=O) groups excluding carboxylic acids is 1. The molecule has 0 amide bonds. The molecule has 0 radical (unpaired) electrons. The van der Waals surface area contributed by atoms with Crippen LogP contribution in [0.4, 0.5) is 0 Å². The van der Waals surface area contributed by atoms with Gasteiger partial charge in [-0.05, 0) is 19.3 Å². The van der Waals surface area contributed by atoms with Gasteiger partial charge in [-0.25, -0.2) is 0 Å². The van der Waals surface area contributed by atoms with Crippen molar-refractivity contribution in [2.24, 2.45) is 5.92 Å². The minimum Gasteiger partial charge on any atom is -0.300 e. The molecular weight excluding hydrogens is 112 g/mol. The molecule has 1 unspecified atom stereocenters. The topological polar surface area (TPSA) is 17.1 Å². The van der Waals surface area contributed by atoms with Crippen LogP contribution >= 0.6 is 0 Å². The van der Waals surface area contributed by atoms with Gasteiger partial charge in [-0.15, -0.1) is 0 Å². The number of ketones is 1. The van der Waals surface area contributed by atoms with Crippen LogP contribution in [0, 0.1) is 5.92 Å². The van der Waals surface area contributed by atoms with E-state index in [1.165, 1.54) is 12.0 Å². The lowest BCUT2D eigenvalue weighted by Gasteiger charge is -2.21. The van der Waals surface area contributed by atoms with Gasteiger partial charge in [-0.2, -0.15) is 0 Å². The fourth-order valence-corrected chi connectivity index (χ4v) is 1.05. The van der Waals surface area contributed by atoms with Crippen LogP contribution in [0.3, 0.4) is 0 Å². The molecule has 0 bridgehead atoms. The minimum atomic E-state index is 0.285. The van der Waals surface area contributed by atoms with Gasteiger partial charge in [0.25, 0.3) is 0 Å². The minimum absolute atomic E-state index is 0.285. The average Bonchev–Trinajstić information content (AvgIpc) is 1.79. The van der Waals surface area contributed by atoms with Crippen LogP contribution in [0.15, 0.2) is 11.6 Å². The lowest BCUT2D eigenvalue weighted by atomic mass is 9.84. The summed E-state index contributed by atoms with van der Waals surface area (Å²) >= 11 is 0. The van der Waals surface area contributed by atoms with E-state index in [4.69, 9.17) is 0 Å². The Morgan fingerprint density at radius 3 is 2.67 bits per heavy atom. The molecule has 0 aliphatic heterocycles. The number of allylic oxidation sites excluding steroid dienone is 2. The van der Waals surface area contributed by atoms with Crippen LogP contribution in [0.2, 0.25) is 0 Å². The Hall–Kier alpha value is -0.590. The summed E-state index contributed by atoms with van der Waals surface area (Å²) in [6, 6.07) is 0. The third-order valence-corrected chi connectivity index (χ3v) is 1.82. The van der Waals surface area contributed by atoms with E-state index < -0.39 is 0 Å². The summed E-state index contributed by atoms with van der Waals surface area (Å²) < 4.78 is 0. The zero-order valence-electron chi connectivity index (χ0n) is 5.98. The maximum absolute atomic E-state index is 10.6. The molecule has 1 atom stereocenters. The highest BCUT2D eigenvalue weighted by atomic mass is 16.1. The third-order valence-electron chi connectivity index (χ3n) is 1.82. The average molecular weight is 124 g/mol. The Bertz CT molecular complexity index is 156. The second-order valence-electron chi connectivity index (χ2n) is 2.79. The van der Waals surface area contributed by atoms with E-state index in [9.17, 15) is 4.79 Å². The molecule has 1 rings (SSSR count). The number of hydrogen-bond donors (Lipinski definition) is 0. The fraction of sp³-hybridized carbons (Fsp3) is 0.625. The van der Waals surface area contributed by atoms with Gasteiger partial charge in [0.1, 0.15) is 5.78 Å². The van der Waals surface area contributed by atoms with Crippen LogP contribution in [0.5, 0.6) is 0 Å². The van der Waals surface area contributed by atoms with Crippen molar-refractivity contribution in [1.29, 1.82) is 0 Å². The smallest absolute Gasteiger partial charge is 0.133 e. The van der Waals surface area contributed by atoms with E-state index in [1.54, 1.807) is 6.92 Å². The molecule has 9 heavy (non-hydrogen) atoms. The van der Waals surface area contributed by atoms with Crippen molar-refractivity contribution in [2.75, 3.05) is 0 Å². The Morgan fingerprint density at radius 1 is 1.89 bits per heavy atom. The first-order chi connectivity index (χ1) is 4.20. The summed E-state index contributed by atoms with van der Waals surface area (Å²) in [5, 5.41) is 0. The van der Waals surface area contributed by atoms with Crippen molar-refractivity contribution in [3.8, 4) is 0 Å². The molecule has 0 N–H and O–H groups in total. The fourth-order valence-electron chi connectivity index (χ4n) is 1.05. The normalized spacial score (nSPS) is 24.7. The van der Waals surface area contributed by atoms with Crippen LogP contribution in [0.25, 0.3) is 0 Å². The van der Waals surface area contributed by atoms with Gasteiger partial charge in [0.05, 0.1) is 0 Å². The molecule has 0 aromatic heterocycles. The first kappa shape index (κ1) is 6.53. The Balaban J connectivity index is 2.38. The van der Waals surface area contributed by atoms with Crippen molar-refractivity contribution >= 4 is 5.78 Å². The summed E-state index contributed by atoms with van der Waals surface area (Å²) in [5.41, 5.74) is 1.34. The van der Waals surface area contributed by atoms with E-state index in [1.807, 2.05) is 0 Å². The molecule has 1 aliphatic carbocycles. The van der Waals surface area contributed by atoms with E-state index in [2.05, 4.69) is 13.0 Å². The van der Waals surface area contributed by atoms with Gasteiger partial charge in [0, 0.05) is 6.42 Å². The molecule has 0 heterocycles. The van der Waals surface area contributed by atoms with E-state index in [0.29, 0.717) is 12.3 Å². The van der Waals surface area contributed by atoms with Gasteiger partial charge < -0.3 is 0 Å². The number of hydrogen-bond acceptors (Lipinski definition) is 1.